The number of unbranched alkanes of at least 4 members (excludes halogenated alkanes) is 4. The monoisotopic (exact) mass is 622 g/mol. The van der Waals surface area contributed by atoms with Crippen molar-refractivity contribution in [2.24, 2.45) is 0 Å². The minimum Gasteiger partial charge on any atom is -0.465 e. The average molecular weight is 623 g/mol. The molecular formula is C38H46O4Si2. The van der Waals surface area contributed by atoms with Gasteiger partial charge in [0.05, 0.1) is 25.3 Å². The van der Waals surface area contributed by atoms with Gasteiger partial charge >= 0.3 is 11.9 Å². The SMILES string of the molecule is CCCCC#C[Si](C)(C)c1c(C(=O)OC)c(C(=O)OC)c([Si](C)(C)C#CCCCC)c(-c2ccccc2)c1-c1ccccc1. The molecule has 230 valence electrons. The first-order chi connectivity index (χ1) is 21.1. The molecule has 0 amide bonds. The Morgan fingerprint density at radius 3 is 1.25 bits per heavy atom. The molecule has 0 aromatic heterocycles. The van der Waals surface area contributed by atoms with Crippen LogP contribution >= 0.6 is 0 Å². The van der Waals surface area contributed by atoms with E-state index in [4.69, 9.17) is 9.47 Å². The predicted octanol–water partition coefficient (Wildman–Crippen LogP) is 7.89. The number of methoxy groups -OCH3 is 2. The molecule has 0 atom stereocenters. The Morgan fingerprint density at radius 1 is 0.614 bits per heavy atom. The quantitative estimate of drug-likeness (QED) is 0.0999. The van der Waals surface area contributed by atoms with Crippen molar-refractivity contribution in [3.8, 4) is 45.2 Å². The molecule has 0 aliphatic carbocycles. The second-order valence-electron chi connectivity index (χ2n) is 12.0. The molecule has 0 fully saturated rings. The first kappa shape index (κ1) is 34.6. The van der Waals surface area contributed by atoms with Crippen LogP contribution in [0.1, 0.15) is 73.1 Å². The van der Waals surface area contributed by atoms with Crippen molar-refractivity contribution in [3.63, 3.8) is 0 Å². The molecule has 0 unspecified atom stereocenters. The van der Waals surface area contributed by atoms with Crippen LogP contribution in [0.25, 0.3) is 22.3 Å². The lowest BCUT2D eigenvalue weighted by Gasteiger charge is -2.33. The van der Waals surface area contributed by atoms with E-state index in [2.05, 4.69) is 87.2 Å². The third kappa shape index (κ3) is 7.80. The van der Waals surface area contributed by atoms with Crippen LogP contribution in [0.15, 0.2) is 60.7 Å². The molecule has 0 bridgehead atoms. The van der Waals surface area contributed by atoms with Gasteiger partial charge < -0.3 is 9.47 Å². The summed E-state index contributed by atoms with van der Waals surface area (Å²) in [5, 5.41) is 1.59. The molecule has 0 aliphatic rings. The van der Waals surface area contributed by atoms with Crippen LogP contribution < -0.4 is 10.4 Å². The molecule has 3 aromatic rings. The van der Waals surface area contributed by atoms with E-state index in [1.807, 2.05) is 36.4 Å². The molecule has 4 nitrogen and oxygen atoms in total. The van der Waals surface area contributed by atoms with Crippen LogP contribution in [-0.4, -0.2) is 42.3 Å². The van der Waals surface area contributed by atoms with Crippen LogP contribution in [0.4, 0.5) is 0 Å². The topological polar surface area (TPSA) is 52.6 Å². The molecule has 3 rings (SSSR count). The Balaban J connectivity index is 2.76. The molecule has 3 aromatic carbocycles. The fourth-order valence-corrected chi connectivity index (χ4v) is 10.5. The number of carbonyl (C=O) groups is 2. The molecule has 6 heteroatoms. The van der Waals surface area contributed by atoms with Gasteiger partial charge in [0, 0.05) is 12.8 Å². The second kappa shape index (κ2) is 15.8. The lowest BCUT2D eigenvalue weighted by molar-refractivity contribution is 0.0557. The van der Waals surface area contributed by atoms with E-state index >= 15 is 0 Å². The lowest BCUT2D eigenvalue weighted by Crippen LogP contribution is -2.53. The fourth-order valence-electron chi connectivity index (χ4n) is 5.62. The van der Waals surface area contributed by atoms with Crippen molar-refractivity contribution in [2.75, 3.05) is 14.2 Å². The maximum absolute atomic E-state index is 14.0. The zero-order chi connectivity index (χ0) is 32.3. The summed E-state index contributed by atoms with van der Waals surface area (Å²) in [6, 6.07) is 20.3. The van der Waals surface area contributed by atoms with Gasteiger partial charge in [-0.25, -0.2) is 9.59 Å². The normalized spacial score (nSPS) is 11.1. The van der Waals surface area contributed by atoms with E-state index < -0.39 is 28.1 Å². The number of benzene rings is 3. The Morgan fingerprint density at radius 2 is 0.955 bits per heavy atom. The second-order valence-corrected chi connectivity index (χ2v) is 20.0. The molecule has 0 radical (unpaired) electrons. The lowest BCUT2D eigenvalue weighted by atomic mass is 9.89. The van der Waals surface area contributed by atoms with Crippen LogP contribution in [-0.2, 0) is 9.47 Å². The maximum Gasteiger partial charge on any atom is 0.338 e. The highest BCUT2D eigenvalue weighted by atomic mass is 28.3. The summed E-state index contributed by atoms with van der Waals surface area (Å²) < 4.78 is 10.9. The molecule has 0 aliphatic heterocycles. The number of esters is 2. The summed E-state index contributed by atoms with van der Waals surface area (Å²) in [5.41, 5.74) is 11.6. The fraction of sp³-hybridized carbons (Fsp3) is 0.368. The first-order valence-corrected chi connectivity index (χ1v) is 21.6. The standard InChI is InChI=1S/C38H46O4Si2/c1-9-11-13-21-27-43(5,6)35-31(29-23-17-15-18-24-29)32(30-25-19-16-20-26-30)36(44(7,8)28-22-14-12-10-2)34(38(40)42-4)33(35)37(39)41-3/h15-20,23-26H,9-14H2,1-8H3. The van der Waals surface area contributed by atoms with Crippen LogP contribution in [0.5, 0.6) is 0 Å². The summed E-state index contributed by atoms with van der Waals surface area (Å²) in [4.78, 5) is 28.1. The van der Waals surface area contributed by atoms with Crippen LogP contribution in [0.2, 0.25) is 26.2 Å². The van der Waals surface area contributed by atoms with Gasteiger partial charge in [0.25, 0.3) is 0 Å². The van der Waals surface area contributed by atoms with Crippen LogP contribution in [0, 0.1) is 22.9 Å². The molecule has 0 spiro atoms. The minimum absolute atomic E-state index is 0.269. The largest absolute Gasteiger partial charge is 0.465 e. The summed E-state index contributed by atoms with van der Waals surface area (Å²) >= 11 is 0. The van der Waals surface area contributed by atoms with Gasteiger partial charge in [0.1, 0.15) is 0 Å². The van der Waals surface area contributed by atoms with Gasteiger partial charge in [-0.05, 0) is 45.5 Å². The van der Waals surface area contributed by atoms with E-state index in [1.165, 1.54) is 14.2 Å². The predicted molar refractivity (Wildman–Crippen MR) is 189 cm³/mol. The molecule has 44 heavy (non-hydrogen) atoms. The third-order valence-corrected chi connectivity index (χ3v) is 12.9. The number of hydrogen-bond acceptors (Lipinski definition) is 4. The van der Waals surface area contributed by atoms with Crippen LogP contribution in [0.3, 0.4) is 0 Å². The number of hydrogen-bond donors (Lipinski definition) is 0. The highest BCUT2D eigenvalue weighted by Gasteiger charge is 2.43. The molecule has 0 heterocycles. The van der Waals surface area contributed by atoms with Gasteiger partial charge in [-0.3, -0.25) is 0 Å². The Labute approximate surface area is 266 Å². The van der Waals surface area contributed by atoms with Crippen molar-refractivity contribution < 1.29 is 19.1 Å². The average Bonchev–Trinajstić information content (AvgIpc) is 3.03. The highest BCUT2D eigenvalue weighted by Crippen LogP contribution is 2.36. The number of ether oxygens (including phenoxy) is 2. The molecular weight excluding hydrogens is 577 g/mol. The minimum atomic E-state index is -2.74. The zero-order valence-electron chi connectivity index (χ0n) is 27.6. The van der Waals surface area contributed by atoms with Gasteiger partial charge in [-0.15, -0.1) is 22.9 Å². The zero-order valence-corrected chi connectivity index (χ0v) is 29.6. The number of carbonyl (C=O) groups excluding carboxylic acids is 2. The van der Waals surface area contributed by atoms with Gasteiger partial charge in [-0.1, -0.05) is 114 Å². The van der Waals surface area contributed by atoms with Crippen molar-refractivity contribution in [1.29, 1.82) is 0 Å². The van der Waals surface area contributed by atoms with E-state index in [0.717, 1.165) is 71.2 Å². The Bertz CT molecular complexity index is 1460. The molecule has 0 saturated heterocycles. The molecule has 0 N–H and O–H groups in total. The van der Waals surface area contributed by atoms with Gasteiger partial charge in [0.15, 0.2) is 16.1 Å². The summed E-state index contributed by atoms with van der Waals surface area (Å²) in [7, 11) is -2.75. The van der Waals surface area contributed by atoms with E-state index in [1.54, 1.807) is 0 Å². The van der Waals surface area contributed by atoms with Crippen molar-refractivity contribution in [3.05, 3.63) is 71.8 Å². The third-order valence-electron chi connectivity index (χ3n) is 7.77. The Kier molecular flexibility index (Phi) is 12.4. The van der Waals surface area contributed by atoms with Crippen molar-refractivity contribution in [2.45, 2.75) is 78.6 Å². The summed E-state index contributed by atoms with van der Waals surface area (Å²) in [6.07, 6.45) is 5.68. The number of rotatable bonds is 10. The van der Waals surface area contributed by atoms with Crippen molar-refractivity contribution >= 4 is 38.5 Å². The van der Waals surface area contributed by atoms with E-state index in [-0.39, 0.29) is 11.1 Å². The smallest absolute Gasteiger partial charge is 0.338 e. The van der Waals surface area contributed by atoms with Crippen molar-refractivity contribution in [1.82, 2.24) is 0 Å². The first-order valence-electron chi connectivity index (χ1n) is 15.6. The van der Waals surface area contributed by atoms with Gasteiger partial charge in [-0.2, -0.15) is 0 Å². The van der Waals surface area contributed by atoms with Gasteiger partial charge in [0.2, 0.25) is 0 Å². The Hall–Kier alpha value is -3.85. The van der Waals surface area contributed by atoms with E-state index in [9.17, 15) is 9.59 Å². The maximum atomic E-state index is 14.0. The molecule has 0 saturated carbocycles. The highest BCUT2D eigenvalue weighted by molar-refractivity contribution is 7.00. The summed E-state index contributed by atoms with van der Waals surface area (Å²) in [6.45, 7) is 12.9. The summed E-state index contributed by atoms with van der Waals surface area (Å²) in [5.74, 6) is 5.73. The van der Waals surface area contributed by atoms with E-state index in [0.29, 0.717) is 0 Å².